The molecule has 4 rings (SSSR count). The van der Waals surface area contributed by atoms with Crippen molar-refractivity contribution in [3.8, 4) is 5.75 Å². The summed E-state index contributed by atoms with van der Waals surface area (Å²) >= 11 is 0. The molecule has 0 aliphatic carbocycles. The number of urea groups is 1. The standard InChI is InChI=1S/C22H20F3N3O3/c1-12(29)26-14-6-8-17-18(11-14)27-21(30)28(2)20(17)16-4-3-9-31-19-10-13(22(23,24)25)5-7-15(16)19/h5-8,10-11H,3-4,9H2,1-2H3,(H,26,29)(H,27,30)/b20-16+. The van der Waals surface area contributed by atoms with Crippen LogP contribution in [0.5, 0.6) is 5.75 Å². The average molecular weight is 431 g/mol. The van der Waals surface area contributed by atoms with E-state index in [2.05, 4.69) is 10.6 Å². The fourth-order valence-electron chi connectivity index (χ4n) is 3.86. The zero-order valence-corrected chi connectivity index (χ0v) is 16.9. The molecule has 2 aliphatic rings. The Bertz CT molecular complexity index is 1110. The van der Waals surface area contributed by atoms with Gasteiger partial charge in [0, 0.05) is 30.8 Å². The van der Waals surface area contributed by atoms with Gasteiger partial charge in [-0.3, -0.25) is 9.69 Å². The Kier molecular flexibility index (Phi) is 5.12. The number of nitrogens with one attached hydrogen (secondary N) is 2. The third kappa shape index (κ3) is 3.95. The van der Waals surface area contributed by atoms with Crippen LogP contribution in [0.15, 0.2) is 36.4 Å². The molecule has 0 atom stereocenters. The normalized spacial score (nSPS) is 18.4. The minimum atomic E-state index is -4.48. The molecule has 0 aromatic heterocycles. The molecule has 0 saturated carbocycles. The first-order chi connectivity index (χ1) is 14.6. The number of benzene rings is 2. The molecule has 2 aliphatic heterocycles. The first-order valence-electron chi connectivity index (χ1n) is 9.69. The summed E-state index contributed by atoms with van der Waals surface area (Å²) in [7, 11) is 1.61. The molecule has 2 aromatic carbocycles. The van der Waals surface area contributed by atoms with Gasteiger partial charge in [0.1, 0.15) is 5.75 Å². The number of nitrogens with zero attached hydrogens (tertiary/aromatic N) is 1. The van der Waals surface area contributed by atoms with Crippen molar-refractivity contribution in [3.05, 3.63) is 53.1 Å². The van der Waals surface area contributed by atoms with E-state index >= 15 is 0 Å². The SMILES string of the molecule is CC(=O)Nc1ccc2c(c1)NC(=O)N(C)/C2=C1\CCCOc2cc(C(F)(F)F)ccc21. The van der Waals surface area contributed by atoms with Crippen LogP contribution in [0, 0.1) is 0 Å². The maximum Gasteiger partial charge on any atom is 0.416 e. The van der Waals surface area contributed by atoms with Crippen molar-refractivity contribution in [3.63, 3.8) is 0 Å². The Morgan fingerprint density at radius 1 is 1.16 bits per heavy atom. The second-order valence-electron chi connectivity index (χ2n) is 7.42. The molecule has 0 bridgehead atoms. The van der Waals surface area contributed by atoms with E-state index in [9.17, 15) is 22.8 Å². The third-order valence-corrected chi connectivity index (χ3v) is 5.23. The summed E-state index contributed by atoms with van der Waals surface area (Å²) in [4.78, 5) is 25.5. The molecule has 0 unspecified atom stereocenters. The fourth-order valence-corrected chi connectivity index (χ4v) is 3.86. The van der Waals surface area contributed by atoms with Crippen molar-refractivity contribution in [1.82, 2.24) is 4.90 Å². The Morgan fingerprint density at radius 2 is 1.90 bits per heavy atom. The molecule has 3 amide bonds. The quantitative estimate of drug-likeness (QED) is 0.654. The lowest BCUT2D eigenvalue weighted by molar-refractivity contribution is -0.137. The van der Waals surface area contributed by atoms with Gasteiger partial charge in [-0.1, -0.05) is 6.07 Å². The number of amides is 3. The van der Waals surface area contributed by atoms with E-state index in [1.54, 1.807) is 25.2 Å². The molecule has 0 radical (unpaired) electrons. The number of hydrogen-bond acceptors (Lipinski definition) is 3. The van der Waals surface area contributed by atoms with Gasteiger partial charge >= 0.3 is 12.2 Å². The van der Waals surface area contributed by atoms with Crippen LogP contribution in [0.1, 0.15) is 36.5 Å². The minimum Gasteiger partial charge on any atom is -0.493 e. The zero-order chi connectivity index (χ0) is 22.3. The number of halogens is 3. The van der Waals surface area contributed by atoms with Gasteiger partial charge in [-0.25, -0.2) is 4.79 Å². The number of alkyl halides is 3. The molecule has 162 valence electrons. The van der Waals surface area contributed by atoms with E-state index < -0.39 is 11.7 Å². The summed E-state index contributed by atoms with van der Waals surface area (Å²) in [6.45, 7) is 1.66. The molecular formula is C22H20F3N3O3. The van der Waals surface area contributed by atoms with Crippen molar-refractivity contribution in [2.75, 3.05) is 24.3 Å². The van der Waals surface area contributed by atoms with Gasteiger partial charge in [-0.05, 0) is 48.7 Å². The molecule has 6 nitrogen and oxygen atoms in total. The molecule has 0 saturated heterocycles. The van der Waals surface area contributed by atoms with E-state index in [4.69, 9.17) is 4.74 Å². The lowest BCUT2D eigenvalue weighted by atomic mass is 9.92. The van der Waals surface area contributed by atoms with E-state index in [-0.39, 0.29) is 24.3 Å². The number of rotatable bonds is 1. The predicted octanol–water partition coefficient (Wildman–Crippen LogP) is 5.18. The highest BCUT2D eigenvalue weighted by molar-refractivity contribution is 6.09. The van der Waals surface area contributed by atoms with E-state index in [0.29, 0.717) is 41.0 Å². The van der Waals surface area contributed by atoms with Crippen molar-refractivity contribution < 1.29 is 27.5 Å². The molecule has 2 aromatic rings. The van der Waals surface area contributed by atoms with Crippen LogP contribution in [0.2, 0.25) is 0 Å². The highest BCUT2D eigenvalue weighted by atomic mass is 19.4. The number of ether oxygens (including phenoxy) is 1. The Labute approximate surface area is 176 Å². The van der Waals surface area contributed by atoms with Gasteiger partial charge in [0.25, 0.3) is 0 Å². The lowest BCUT2D eigenvalue weighted by Crippen LogP contribution is -2.35. The Morgan fingerprint density at radius 3 is 2.61 bits per heavy atom. The maximum absolute atomic E-state index is 13.2. The number of anilines is 2. The zero-order valence-electron chi connectivity index (χ0n) is 16.9. The van der Waals surface area contributed by atoms with Crippen LogP contribution in [-0.4, -0.2) is 30.5 Å². The average Bonchev–Trinajstić information content (AvgIpc) is 2.90. The van der Waals surface area contributed by atoms with Gasteiger partial charge in [-0.2, -0.15) is 13.2 Å². The number of carbonyl (C=O) groups is 2. The monoisotopic (exact) mass is 431 g/mol. The first kappa shape index (κ1) is 20.8. The van der Waals surface area contributed by atoms with Crippen molar-refractivity contribution in [2.45, 2.75) is 25.9 Å². The minimum absolute atomic E-state index is 0.144. The summed E-state index contributed by atoms with van der Waals surface area (Å²) in [6, 6.07) is 8.19. The van der Waals surface area contributed by atoms with Crippen LogP contribution in [0.4, 0.5) is 29.3 Å². The summed E-state index contributed by atoms with van der Waals surface area (Å²) in [5.74, 6) is -0.0984. The summed E-state index contributed by atoms with van der Waals surface area (Å²) in [6.07, 6.45) is -3.37. The smallest absolute Gasteiger partial charge is 0.416 e. The maximum atomic E-state index is 13.2. The first-order valence-corrected chi connectivity index (χ1v) is 9.69. The van der Waals surface area contributed by atoms with Gasteiger partial charge in [0.05, 0.1) is 23.6 Å². The Hall–Kier alpha value is -3.49. The second-order valence-corrected chi connectivity index (χ2v) is 7.42. The van der Waals surface area contributed by atoms with E-state index in [0.717, 1.165) is 17.7 Å². The predicted molar refractivity (Wildman–Crippen MR) is 111 cm³/mol. The van der Waals surface area contributed by atoms with Crippen molar-refractivity contribution in [2.24, 2.45) is 0 Å². The number of fused-ring (bicyclic) bond motifs is 2. The van der Waals surface area contributed by atoms with Crippen molar-refractivity contribution in [1.29, 1.82) is 0 Å². The summed E-state index contributed by atoms with van der Waals surface area (Å²) in [5.41, 5.74) is 2.81. The second kappa shape index (κ2) is 7.64. The molecular weight excluding hydrogens is 411 g/mol. The topological polar surface area (TPSA) is 70.7 Å². The highest BCUT2D eigenvalue weighted by Gasteiger charge is 2.34. The van der Waals surface area contributed by atoms with Crippen LogP contribution >= 0.6 is 0 Å². The number of hydrogen-bond donors (Lipinski definition) is 2. The summed E-state index contributed by atoms with van der Waals surface area (Å²) < 4.78 is 45.2. The van der Waals surface area contributed by atoms with Crippen LogP contribution < -0.4 is 15.4 Å². The van der Waals surface area contributed by atoms with Gasteiger partial charge in [-0.15, -0.1) is 0 Å². The van der Waals surface area contributed by atoms with E-state index in [1.165, 1.54) is 17.9 Å². The van der Waals surface area contributed by atoms with Crippen LogP contribution in [0.3, 0.4) is 0 Å². The summed E-state index contributed by atoms with van der Waals surface area (Å²) in [5, 5.41) is 5.46. The number of allylic oxidation sites excluding steroid dienone is 1. The molecule has 2 heterocycles. The van der Waals surface area contributed by atoms with Crippen molar-refractivity contribution >= 4 is 34.6 Å². The highest BCUT2D eigenvalue weighted by Crippen LogP contribution is 2.44. The Balaban J connectivity index is 1.90. The number of carbonyl (C=O) groups excluding carboxylic acids is 2. The van der Waals surface area contributed by atoms with Gasteiger partial charge in [0.15, 0.2) is 0 Å². The molecule has 2 N–H and O–H groups in total. The largest absolute Gasteiger partial charge is 0.493 e. The van der Waals surface area contributed by atoms with Crippen LogP contribution in [0.25, 0.3) is 11.3 Å². The fraction of sp³-hybridized carbons (Fsp3) is 0.273. The molecule has 0 spiro atoms. The van der Waals surface area contributed by atoms with Gasteiger partial charge in [0.2, 0.25) is 5.91 Å². The molecule has 0 fully saturated rings. The van der Waals surface area contributed by atoms with Gasteiger partial charge < -0.3 is 15.4 Å². The molecule has 31 heavy (non-hydrogen) atoms. The molecule has 9 heteroatoms. The van der Waals surface area contributed by atoms with E-state index in [1.807, 2.05) is 0 Å². The third-order valence-electron chi connectivity index (χ3n) is 5.23. The lowest BCUT2D eigenvalue weighted by Gasteiger charge is -2.31. The van der Waals surface area contributed by atoms with Crippen LogP contribution in [-0.2, 0) is 11.0 Å².